The van der Waals surface area contributed by atoms with E-state index in [1.54, 1.807) is 19.1 Å². The van der Waals surface area contributed by atoms with E-state index in [-0.39, 0.29) is 12.5 Å². The highest BCUT2D eigenvalue weighted by Crippen LogP contribution is 2.21. The predicted octanol–water partition coefficient (Wildman–Crippen LogP) is 2.82. The van der Waals surface area contributed by atoms with Gasteiger partial charge in [-0.2, -0.15) is 0 Å². The molecule has 0 aliphatic carbocycles. The minimum atomic E-state index is -0.909. The first-order valence-corrected chi connectivity index (χ1v) is 9.38. The zero-order chi connectivity index (χ0) is 21.0. The maximum atomic E-state index is 12.0. The molecule has 1 aliphatic rings. The van der Waals surface area contributed by atoms with E-state index in [4.69, 9.17) is 9.47 Å². The number of imide groups is 1. The number of benzene rings is 2. The molecule has 152 valence electrons. The SMILES string of the molecule is Cc1ccc(C)c(OCC(=O)Oc2ccc(CC[C@@]3(C)NC(=O)NC3=O)cc2)c1. The van der Waals surface area contributed by atoms with E-state index in [0.717, 1.165) is 16.7 Å². The summed E-state index contributed by atoms with van der Waals surface area (Å²) in [4.78, 5) is 35.2. The van der Waals surface area contributed by atoms with Crippen molar-refractivity contribution in [2.75, 3.05) is 6.61 Å². The monoisotopic (exact) mass is 396 g/mol. The smallest absolute Gasteiger partial charge is 0.349 e. The molecule has 2 N–H and O–H groups in total. The Labute approximate surface area is 169 Å². The maximum Gasteiger partial charge on any atom is 0.349 e. The van der Waals surface area contributed by atoms with Crippen LogP contribution in [-0.2, 0) is 16.0 Å². The lowest BCUT2D eigenvalue weighted by Gasteiger charge is -2.20. The molecule has 29 heavy (non-hydrogen) atoms. The summed E-state index contributed by atoms with van der Waals surface area (Å²) < 4.78 is 10.9. The number of esters is 1. The summed E-state index contributed by atoms with van der Waals surface area (Å²) in [6, 6.07) is 12.4. The van der Waals surface area contributed by atoms with Gasteiger partial charge in [-0.05, 0) is 68.5 Å². The number of urea groups is 1. The summed E-state index contributed by atoms with van der Waals surface area (Å²) in [5.74, 6) is 0.267. The van der Waals surface area contributed by atoms with Gasteiger partial charge in [0.1, 0.15) is 17.0 Å². The predicted molar refractivity (Wildman–Crippen MR) is 107 cm³/mol. The second kappa shape index (κ2) is 8.34. The highest BCUT2D eigenvalue weighted by Gasteiger charge is 2.41. The van der Waals surface area contributed by atoms with Crippen LogP contribution in [0.2, 0.25) is 0 Å². The summed E-state index contributed by atoms with van der Waals surface area (Å²) >= 11 is 0. The quantitative estimate of drug-likeness (QED) is 0.426. The Morgan fingerprint density at radius 1 is 1.07 bits per heavy atom. The molecule has 1 heterocycles. The van der Waals surface area contributed by atoms with Crippen LogP contribution >= 0.6 is 0 Å². The molecule has 0 saturated carbocycles. The van der Waals surface area contributed by atoms with Gasteiger partial charge in [0.15, 0.2) is 6.61 Å². The summed E-state index contributed by atoms with van der Waals surface area (Å²) in [6.07, 6.45) is 1.06. The molecule has 0 unspecified atom stereocenters. The van der Waals surface area contributed by atoms with E-state index in [9.17, 15) is 14.4 Å². The van der Waals surface area contributed by atoms with Crippen molar-refractivity contribution in [3.63, 3.8) is 0 Å². The number of nitrogens with one attached hydrogen (secondary N) is 2. The van der Waals surface area contributed by atoms with E-state index < -0.39 is 17.5 Å². The van der Waals surface area contributed by atoms with E-state index >= 15 is 0 Å². The molecule has 1 atom stereocenters. The van der Waals surface area contributed by atoms with Gasteiger partial charge in [0, 0.05) is 0 Å². The van der Waals surface area contributed by atoms with E-state index in [0.29, 0.717) is 24.3 Å². The molecule has 1 fully saturated rings. The standard InChI is InChI=1S/C22H24N2O5/c1-14-4-5-15(2)18(12-14)28-13-19(25)29-17-8-6-16(7-9-17)10-11-22(3)20(26)23-21(27)24-22/h4-9,12H,10-11,13H2,1-3H3,(H2,23,24,26,27)/t22-/m1/s1. The molecular weight excluding hydrogens is 372 g/mol. The van der Waals surface area contributed by atoms with Crippen molar-refractivity contribution in [1.82, 2.24) is 10.6 Å². The lowest BCUT2D eigenvalue weighted by atomic mass is 9.93. The number of carbonyl (C=O) groups is 3. The van der Waals surface area contributed by atoms with Gasteiger partial charge in [0.2, 0.25) is 0 Å². The van der Waals surface area contributed by atoms with Gasteiger partial charge in [-0.15, -0.1) is 0 Å². The third-order valence-electron chi connectivity index (χ3n) is 4.88. The molecule has 0 aromatic heterocycles. The third-order valence-corrected chi connectivity index (χ3v) is 4.88. The van der Waals surface area contributed by atoms with Gasteiger partial charge >= 0.3 is 12.0 Å². The summed E-state index contributed by atoms with van der Waals surface area (Å²) in [7, 11) is 0. The van der Waals surface area contributed by atoms with Gasteiger partial charge in [0.05, 0.1) is 0 Å². The molecule has 1 aliphatic heterocycles. The zero-order valence-corrected chi connectivity index (χ0v) is 16.7. The molecule has 3 rings (SSSR count). The number of carbonyl (C=O) groups excluding carboxylic acids is 3. The van der Waals surface area contributed by atoms with Crippen LogP contribution in [0.15, 0.2) is 42.5 Å². The highest BCUT2D eigenvalue weighted by molar-refractivity contribution is 6.06. The number of hydrogen-bond acceptors (Lipinski definition) is 5. The second-order valence-electron chi connectivity index (χ2n) is 7.42. The topological polar surface area (TPSA) is 93.7 Å². The Kier molecular flexibility index (Phi) is 5.87. The summed E-state index contributed by atoms with van der Waals surface area (Å²) in [5, 5.41) is 4.89. The van der Waals surface area contributed by atoms with Gasteiger partial charge in [-0.3, -0.25) is 10.1 Å². The van der Waals surface area contributed by atoms with Gasteiger partial charge in [-0.25, -0.2) is 9.59 Å². The molecule has 0 radical (unpaired) electrons. The largest absolute Gasteiger partial charge is 0.482 e. The summed E-state index contributed by atoms with van der Waals surface area (Å²) in [6.45, 7) is 5.39. The first-order chi connectivity index (χ1) is 13.7. The number of ether oxygens (including phenoxy) is 2. The average molecular weight is 396 g/mol. The van der Waals surface area contributed by atoms with Crippen LogP contribution < -0.4 is 20.1 Å². The molecule has 7 heteroatoms. The van der Waals surface area contributed by atoms with Crippen molar-refractivity contribution in [1.29, 1.82) is 0 Å². The average Bonchev–Trinajstić information content (AvgIpc) is 2.94. The highest BCUT2D eigenvalue weighted by atomic mass is 16.6. The van der Waals surface area contributed by atoms with Crippen LogP contribution in [0.25, 0.3) is 0 Å². The van der Waals surface area contributed by atoms with Crippen molar-refractivity contribution in [3.8, 4) is 11.5 Å². The Morgan fingerprint density at radius 3 is 2.45 bits per heavy atom. The van der Waals surface area contributed by atoms with E-state index in [2.05, 4.69) is 10.6 Å². The Morgan fingerprint density at radius 2 is 1.79 bits per heavy atom. The second-order valence-corrected chi connectivity index (χ2v) is 7.42. The fraction of sp³-hybridized carbons (Fsp3) is 0.318. The van der Waals surface area contributed by atoms with Crippen molar-refractivity contribution in [3.05, 3.63) is 59.2 Å². The minimum absolute atomic E-state index is 0.181. The first kappa shape index (κ1) is 20.4. The lowest BCUT2D eigenvalue weighted by molar-refractivity contribution is -0.136. The Hall–Kier alpha value is -3.35. The molecule has 2 aromatic carbocycles. The number of aryl methyl sites for hydroxylation is 3. The molecule has 1 saturated heterocycles. The van der Waals surface area contributed by atoms with Gasteiger partial charge in [-0.1, -0.05) is 24.3 Å². The molecule has 3 amide bonds. The fourth-order valence-corrected chi connectivity index (χ4v) is 3.03. The molecular formula is C22H24N2O5. The normalized spacial score (nSPS) is 18.2. The molecule has 0 bridgehead atoms. The van der Waals surface area contributed by atoms with Gasteiger partial charge < -0.3 is 14.8 Å². The van der Waals surface area contributed by atoms with Crippen molar-refractivity contribution >= 4 is 17.9 Å². The molecule has 7 nitrogen and oxygen atoms in total. The van der Waals surface area contributed by atoms with Crippen molar-refractivity contribution < 1.29 is 23.9 Å². The number of hydrogen-bond donors (Lipinski definition) is 2. The van der Waals surface area contributed by atoms with Crippen molar-refractivity contribution in [2.45, 2.75) is 39.2 Å². The van der Waals surface area contributed by atoms with Crippen LogP contribution in [0, 0.1) is 13.8 Å². The first-order valence-electron chi connectivity index (χ1n) is 9.38. The molecule has 2 aromatic rings. The maximum absolute atomic E-state index is 12.0. The van der Waals surface area contributed by atoms with Crippen LogP contribution in [0.5, 0.6) is 11.5 Å². The number of amides is 3. The summed E-state index contributed by atoms with van der Waals surface area (Å²) in [5.41, 5.74) is 2.06. The Bertz CT molecular complexity index is 939. The van der Waals surface area contributed by atoms with Crippen LogP contribution in [0.3, 0.4) is 0 Å². The fourth-order valence-electron chi connectivity index (χ4n) is 3.03. The Balaban J connectivity index is 1.50. The van der Waals surface area contributed by atoms with Crippen LogP contribution in [0.1, 0.15) is 30.0 Å². The number of rotatable bonds is 7. The van der Waals surface area contributed by atoms with Crippen molar-refractivity contribution in [2.24, 2.45) is 0 Å². The van der Waals surface area contributed by atoms with Crippen LogP contribution in [-0.4, -0.2) is 30.1 Å². The lowest BCUT2D eigenvalue weighted by Crippen LogP contribution is -2.43. The van der Waals surface area contributed by atoms with Crippen LogP contribution in [0.4, 0.5) is 4.79 Å². The van der Waals surface area contributed by atoms with E-state index in [1.807, 2.05) is 44.2 Å². The van der Waals surface area contributed by atoms with E-state index in [1.165, 1.54) is 0 Å². The van der Waals surface area contributed by atoms with Gasteiger partial charge in [0.25, 0.3) is 5.91 Å². The minimum Gasteiger partial charge on any atom is -0.482 e. The third kappa shape index (κ3) is 5.13. The molecule has 0 spiro atoms. The zero-order valence-electron chi connectivity index (χ0n) is 16.7.